The first-order valence-electron chi connectivity index (χ1n) is 5.63. The Morgan fingerprint density at radius 1 is 1.40 bits per heavy atom. The lowest BCUT2D eigenvalue weighted by Gasteiger charge is -2.24. The van der Waals surface area contributed by atoms with Gasteiger partial charge in [-0.05, 0) is 37.3 Å². The average molecular weight is 205 g/mol. The predicted molar refractivity (Wildman–Crippen MR) is 63.2 cm³/mol. The SMILES string of the molecule is Cc1ccccc1N(C)CC(O)C1CC1. The third kappa shape index (κ3) is 2.51. The van der Waals surface area contributed by atoms with E-state index >= 15 is 0 Å². The van der Waals surface area contributed by atoms with Gasteiger partial charge in [-0.15, -0.1) is 0 Å². The Bertz CT molecular complexity index is 333. The molecule has 0 aromatic heterocycles. The molecule has 2 rings (SSSR count). The largest absolute Gasteiger partial charge is 0.391 e. The Morgan fingerprint density at radius 3 is 2.67 bits per heavy atom. The molecule has 2 nitrogen and oxygen atoms in total. The van der Waals surface area contributed by atoms with E-state index in [9.17, 15) is 5.11 Å². The number of aliphatic hydroxyl groups is 1. The van der Waals surface area contributed by atoms with E-state index in [0.29, 0.717) is 5.92 Å². The van der Waals surface area contributed by atoms with Gasteiger partial charge >= 0.3 is 0 Å². The summed E-state index contributed by atoms with van der Waals surface area (Å²) in [5.74, 6) is 0.552. The number of anilines is 1. The summed E-state index contributed by atoms with van der Waals surface area (Å²) in [4.78, 5) is 2.15. The first-order chi connectivity index (χ1) is 7.18. The van der Waals surface area contributed by atoms with E-state index in [1.54, 1.807) is 0 Å². The molecular formula is C13H19NO. The van der Waals surface area contributed by atoms with Crippen molar-refractivity contribution in [3.8, 4) is 0 Å². The van der Waals surface area contributed by atoms with Gasteiger partial charge in [0, 0.05) is 19.3 Å². The summed E-state index contributed by atoms with van der Waals surface area (Å²) in [6.07, 6.45) is 2.24. The summed E-state index contributed by atoms with van der Waals surface area (Å²) in [6.45, 7) is 2.85. The third-order valence-corrected chi connectivity index (χ3v) is 3.15. The van der Waals surface area contributed by atoms with Gasteiger partial charge in [0.1, 0.15) is 0 Å². The van der Waals surface area contributed by atoms with E-state index in [1.807, 2.05) is 19.2 Å². The van der Waals surface area contributed by atoms with E-state index in [2.05, 4.69) is 24.0 Å². The van der Waals surface area contributed by atoms with Crippen LogP contribution in [0.25, 0.3) is 0 Å². The maximum absolute atomic E-state index is 9.87. The zero-order valence-corrected chi connectivity index (χ0v) is 9.48. The molecule has 15 heavy (non-hydrogen) atoms. The summed E-state index contributed by atoms with van der Waals surface area (Å²) < 4.78 is 0. The van der Waals surface area contributed by atoms with Crippen LogP contribution in [-0.2, 0) is 0 Å². The lowest BCUT2D eigenvalue weighted by molar-refractivity contribution is 0.158. The standard InChI is InChI=1S/C13H19NO/c1-10-5-3-4-6-12(10)14(2)9-13(15)11-7-8-11/h3-6,11,13,15H,7-9H2,1-2H3. The molecular weight excluding hydrogens is 186 g/mol. The van der Waals surface area contributed by atoms with E-state index in [4.69, 9.17) is 0 Å². The topological polar surface area (TPSA) is 23.5 Å². The summed E-state index contributed by atoms with van der Waals surface area (Å²) in [6, 6.07) is 8.30. The Hall–Kier alpha value is -1.02. The average Bonchev–Trinajstić information content (AvgIpc) is 3.01. The molecule has 82 valence electrons. The van der Waals surface area contributed by atoms with Gasteiger partial charge < -0.3 is 10.0 Å². The molecule has 1 aromatic rings. The molecule has 0 aliphatic heterocycles. The summed E-state index contributed by atoms with van der Waals surface area (Å²) in [5.41, 5.74) is 2.49. The van der Waals surface area contributed by atoms with E-state index < -0.39 is 0 Å². The van der Waals surface area contributed by atoms with Crippen molar-refractivity contribution in [3.05, 3.63) is 29.8 Å². The van der Waals surface area contributed by atoms with E-state index in [1.165, 1.54) is 24.1 Å². The van der Waals surface area contributed by atoms with Gasteiger partial charge in [0.15, 0.2) is 0 Å². The lowest BCUT2D eigenvalue weighted by Crippen LogP contribution is -2.30. The number of hydrogen-bond acceptors (Lipinski definition) is 2. The van der Waals surface area contributed by atoms with Crippen LogP contribution >= 0.6 is 0 Å². The van der Waals surface area contributed by atoms with Crippen LogP contribution in [0.3, 0.4) is 0 Å². The van der Waals surface area contributed by atoms with E-state index in [-0.39, 0.29) is 6.10 Å². The normalized spacial score (nSPS) is 17.5. The second kappa shape index (κ2) is 4.23. The van der Waals surface area contributed by atoms with Gasteiger partial charge in [-0.1, -0.05) is 18.2 Å². The van der Waals surface area contributed by atoms with Crippen molar-refractivity contribution in [2.45, 2.75) is 25.9 Å². The van der Waals surface area contributed by atoms with Crippen LogP contribution in [0.4, 0.5) is 5.69 Å². The minimum atomic E-state index is -0.158. The van der Waals surface area contributed by atoms with Crippen molar-refractivity contribution >= 4 is 5.69 Å². The summed E-state index contributed by atoms with van der Waals surface area (Å²) in [7, 11) is 2.05. The lowest BCUT2D eigenvalue weighted by atomic mass is 10.1. The zero-order valence-electron chi connectivity index (χ0n) is 9.48. The second-order valence-electron chi connectivity index (χ2n) is 4.57. The molecule has 0 heterocycles. The van der Waals surface area contributed by atoms with Crippen molar-refractivity contribution in [1.82, 2.24) is 0 Å². The molecule has 1 unspecified atom stereocenters. The monoisotopic (exact) mass is 205 g/mol. The number of nitrogens with zero attached hydrogens (tertiary/aromatic N) is 1. The summed E-state index contributed by atoms with van der Waals surface area (Å²) in [5, 5.41) is 9.87. The van der Waals surface area contributed by atoms with Gasteiger partial charge in [-0.3, -0.25) is 0 Å². The molecule has 1 N–H and O–H groups in total. The molecule has 0 saturated heterocycles. The van der Waals surface area contributed by atoms with Crippen LogP contribution in [0.15, 0.2) is 24.3 Å². The number of para-hydroxylation sites is 1. The number of benzene rings is 1. The smallest absolute Gasteiger partial charge is 0.0743 e. The van der Waals surface area contributed by atoms with Gasteiger partial charge in [-0.2, -0.15) is 0 Å². The highest BCUT2D eigenvalue weighted by Gasteiger charge is 2.30. The van der Waals surface area contributed by atoms with Gasteiger partial charge in [0.2, 0.25) is 0 Å². The highest BCUT2D eigenvalue weighted by Crippen LogP contribution is 2.33. The molecule has 1 saturated carbocycles. The molecule has 1 aliphatic rings. The minimum Gasteiger partial charge on any atom is -0.391 e. The van der Waals surface area contributed by atoms with Gasteiger partial charge in [0.25, 0.3) is 0 Å². The number of hydrogen-bond donors (Lipinski definition) is 1. The highest BCUT2D eigenvalue weighted by atomic mass is 16.3. The second-order valence-corrected chi connectivity index (χ2v) is 4.57. The minimum absolute atomic E-state index is 0.158. The molecule has 0 radical (unpaired) electrons. The first kappa shape index (κ1) is 10.5. The number of rotatable bonds is 4. The zero-order chi connectivity index (χ0) is 10.8. The number of aliphatic hydroxyl groups excluding tert-OH is 1. The van der Waals surface area contributed by atoms with Crippen molar-refractivity contribution < 1.29 is 5.11 Å². The van der Waals surface area contributed by atoms with Crippen LogP contribution in [0.5, 0.6) is 0 Å². The van der Waals surface area contributed by atoms with Crippen LogP contribution < -0.4 is 4.90 Å². The van der Waals surface area contributed by atoms with Gasteiger partial charge in [0.05, 0.1) is 6.10 Å². The Labute approximate surface area is 91.5 Å². The Morgan fingerprint density at radius 2 is 2.07 bits per heavy atom. The Balaban J connectivity index is 2.00. The molecule has 0 bridgehead atoms. The molecule has 0 spiro atoms. The maximum atomic E-state index is 9.87. The molecule has 1 aliphatic carbocycles. The molecule has 1 fully saturated rings. The fraction of sp³-hybridized carbons (Fsp3) is 0.538. The Kier molecular flexibility index (Phi) is 2.96. The first-order valence-corrected chi connectivity index (χ1v) is 5.63. The molecule has 0 amide bonds. The number of aryl methyl sites for hydroxylation is 1. The quantitative estimate of drug-likeness (QED) is 0.814. The van der Waals surface area contributed by atoms with Crippen LogP contribution in [-0.4, -0.2) is 24.8 Å². The maximum Gasteiger partial charge on any atom is 0.0743 e. The third-order valence-electron chi connectivity index (χ3n) is 3.15. The fourth-order valence-corrected chi connectivity index (χ4v) is 2.00. The van der Waals surface area contributed by atoms with Crippen molar-refractivity contribution in [1.29, 1.82) is 0 Å². The molecule has 2 heteroatoms. The van der Waals surface area contributed by atoms with Gasteiger partial charge in [-0.25, -0.2) is 0 Å². The van der Waals surface area contributed by atoms with Crippen LogP contribution in [0.1, 0.15) is 18.4 Å². The number of likely N-dealkylation sites (N-methyl/N-ethyl adjacent to an activating group) is 1. The van der Waals surface area contributed by atoms with Crippen molar-refractivity contribution in [2.24, 2.45) is 5.92 Å². The predicted octanol–water partition coefficient (Wildman–Crippen LogP) is 2.20. The van der Waals surface area contributed by atoms with Crippen molar-refractivity contribution in [3.63, 3.8) is 0 Å². The van der Waals surface area contributed by atoms with E-state index in [0.717, 1.165) is 6.54 Å². The van der Waals surface area contributed by atoms with Crippen molar-refractivity contribution in [2.75, 3.05) is 18.5 Å². The highest BCUT2D eigenvalue weighted by molar-refractivity contribution is 5.52. The molecule has 1 atom stereocenters. The fourth-order valence-electron chi connectivity index (χ4n) is 2.00. The van der Waals surface area contributed by atoms with Crippen LogP contribution in [0, 0.1) is 12.8 Å². The summed E-state index contributed by atoms with van der Waals surface area (Å²) >= 11 is 0. The van der Waals surface area contributed by atoms with Crippen LogP contribution in [0.2, 0.25) is 0 Å². The molecule has 1 aromatic carbocycles.